The summed E-state index contributed by atoms with van der Waals surface area (Å²) >= 11 is 3.41. The highest BCUT2D eigenvalue weighted by Gasteiger charge is 2.20. The van der Waals surface area contributed by atoms with E-state index in [1.165, 1.54) is 25.7 Å². The smallest absolute Gasteiger partial charge is 0.234 e. The van der Waals surface area contributed by atoms with Crippen LogP contribution in [-0.4, -0.2) is 17.3 Å². The number of halogens is 1. The number of hydrogen-bond acceptors (Lipinski definition) is 1. The molecule has 2 nitrogen and oxygen atoms in total. The van der Waals surface area contributed by atoms with E-state index in [9.17, 15) is 4.79 Å². The molecular formula is C11H20BrNO. The van der Waals surface area contributed by atoms with Gasteiger partial charge in [0.1, 0.15) is 0 Å². The monoisotopic (exact) mass is 261 g/mol. The maximum atomic E-state index is 11.6. The lowest BCUT2D eigenvalue weighted by molar-refractivity contribution is -0.121. The van der Waals surface area contributed by atoms with Crippen LogP contribution in [0.1, 0.15) is 39.5 Å². The van der Waals surface area contributed by atoms with E-state index >= 15 is 0 Å². The van der Waals surface area contributed by atoms with Crippen molar-refractivity contribution in [3.05, 3.63) is 0 Å². The second-order valence-corrected chi connectivity index (χ2v) is 5.53. The van der Waals surface area contributed by atoms with Gasteiger partial charge in [0.05, 0.1) is 4.83 Å². The van der Waals surface area contributed by atoms with Gasteiger partial charge in [-0.3, -0.25) is 4.79 Å². The molecule has 1 saturated carbocycles. The quantitative estimate of drug-likeness (QED) is 0.775. The predicted octanol–water partition coefficient (Wildman–Crippen LogP) is 2.71. The van der Waals surface area contributed by atoms with Crippen LogP contribution >= 0.6 is 15.9 Å². The van der Waals surface area contributed by atoms with Crippen molar-refractivity contribution in [2.45, 2.75) is 44.4 Å². The highest BCUT2D eigenvalue weighted by molar-refractivity contribution is 9.10. The number of amides is 1. The molecule has 0 saturated heterocycles. The van der Waals surface area contributed by atoms with E-state index in [0.29, 0.717) is 5.92 Å². The van der Waals surface area contributed by atoms with Crippen molar-refractivity contribution < 1.29 is 4.79 Å². The fourth-order valence-corrected chi connectivity index (χ4v) is 2.02. The topological polar surface area (TPSA) is 29.1 Å². The van der Waals surface area contributed by atoms with Gasteiger partial charge in [0.2, 0.25) is 5.91 Å². The largest absolute Gasteiger partial charge is 0.355 e. The Labute approximate surface area is 95.0 Å². The average Bonchev–Trinajstić information content (AvgIpc) is 2.65. The maximum Gasteiger partial charge on any atom is 0.234 e. The molecule has 1 fully saturated rings. The molecule has 0 heterocycles. The molecule has 1 aliphatic rings. The summed E-state index contributed by atoms with van der Waals surface area (Å²) in [6.07, 6.45) is 5.24. The van der Waals surface area contributed by atoms with Gasteiger partial charge in [-0.1, -0.05) is 42.6 Å². The van der Waals surface area contributed by atoms with Crippen LogP contribution in [0.4, 0.5) is 0 Å². The van der Waals surface area contributed by atoms with Gasteiger partial charge in [-0.2, -0.15) is 0 Å². The molecule has 1 atom stereocenters. The summed E-state index contributed by atoms with van der Waals surface area (Å²) in [5, 5.41) is 3.02. The molecule has 1 rings (SSSR count). The van der Waals surface area contributed by atoms with E-state index in [-0.39, 0.29) is 10.7 Å². The third-order valence-electron chi connectivity index (χ3n) is 2.88. The summed E-state index contributed by atoms with van der Waals surface area (Å²) < 4.78 is 0. The first kappa shape index (κ1) is 12.0. The van der Waals surface area contributed by atoms with Gasteiger partial charge in [0.15, 0.2) is 0 Å². The Morgan fingerprint density at radius 2 is 2.00 bits per heavy atom. The van der Waals surface area contributed by atoms with Crippen molar-refractivity contribution in [2.75, 3.05) is 6.54 Å². The van der Waals surface area contributed by atoms with Crippen LogP contribution < -0.4 is 5.32 Å². The Balaban J connectivity index is 2.19. The van der Waals surface area contributed by atoms with Crippen molar-refractivity contribution in [3.63, 3.8) is 0 Å². The lowest BCUT2D eigenvalue weighted by Crippen LogP contribution is -2.36. The molecule has 3 heteroatoms. The molecule has 0 aromatic carbocycles. The van der Waals surface area contributed by atoms with Crippen LogP contribution in [0.25, 0.3) is 0 Å². The van der Waals surface area contributed by atoms with Crippen LogP contribution in [0, 0.1) is 11.8 Å². The Morgan fingerprint density at radius 1 is 1.43 bits per heavy atom. The van der Waals surface area contributed by atoms with E-state index in [1.54, 1.807) is 0 Å². The van der Waals surface area contributed by atoms with E-state index in [1.807, 2.05) is 0 Å². The number of rotatable bonds is 4. The van der Waals surface area contributed by atoms with Crippen LogP contribution in [0.5, 0.6) is 0 Å². The molecule has 0 aromatic heterocycles. The van der Waals surface area contributed by atoms with Crippen molar-refractivity contribution >= 4 is 21.8 Å². The van der Waals surface area contributed by atoms with E-state index in [2.05, 4.69) is 35.1 Å². The van der Waals surface area contributed by atoms with Crippen molar-refractivity contribution in [2.24, 2.45) is 11.8 Å². The lowest BCUT2D eigenvalue weighted by atomic mass is 10.1. The standard InChI is InChI=1S/C11H20BrNO/c1-8(2)10(12)11(14)13-7-9-5-3-4-6-9/h8-10H,3-7H2,1-2H3,(H,13,14). The molecule has 14 heavy (non-hydrogen) atoms. The van der Waals surface area contributed by atoms with Crippen molar-refractivity contribution in [3.8, 4) is 0 Å². The Morgan fingerprint density at radius 3 is 2.50 bits per heavy atom. The first-order chi connectivity index (χ1) is 6.61. The summed E-state index contributed by atoms with van der Waals surface area (Å²) in [7, 11) is 0. The van der Waals surface area contributed by atoms with Gasteiger partial charge < -0.3 is 5.32 Å². The number of alkyl halides is 1. The zero-order valence-electron chi connectivity index (χ0n) is 9.05. The third kappa shape index (κ3) is 3.60. The maximum absolute atomic E-state index is 11.6. The summed E-state index contributed by atoms with van der Waals surface area (Å²) in [5.41, 5.74) is 0. The second-order valence-electron chi connectivity index (χ2n) is 4.54. The first-order valence-electron chi connectivity index (χ1n) is 5.53. The van der Waals surface area contributed by atoms with Crippen molar-refractivity contribution in [1.29, 1.82) is 0 Å². The zero-order valence-corrected chi connectivity index (χ0v) is 10.6. The minimum atomic E-state index is -0.0381. The van der Waals surface area contributed by atoms with Crippen LogP contribution in [0.2, 0.25) is 0 Å². The Bertz CT molecular complexity index is 188. The molecule has 82 valence electrons. The fourth-order valence-electron chi connectivity index (χ4n) is 1.86. The van der Waals surface area contributed by atoms with E-state index < -0.39 is 0 Å². The molecule has 0 aromatic rings. The van der Waals surface area contributed by atoms with Gasteiger partial charge in [-0.25, -0.2) is 0 Å². The average molecular weight is 262 g/mol. The van der Waals surface area contributed by atoms with E-state index in [0.717, 1.165) is 12.5 Å². The summed E-state index contributed by atoms with van der Waals surface area (Å²) in [6, 6.07) is 0. The Hall–Kier alpha value is -0.0500. The van der Waals surface area contributed by atoms with Crippen LogP contribution in [-0.2, 0) is 4.79 Å². The normalized spacial score (nSPS) is 20.0. The zero-order chi connectivity index (χ0) is 10.6. The Kier molecular flexibility index (Phi) is 4.93. The molecule has 0 spiro atoms. The number of carbonyl (C=O) groups is 1. The van der Waals surface area contributed by atoms with Gasteiger partial charge in [-0.15, -0.1) is 0 Å². The molecule has 1 unspecified atom stereocenters. The number of nitrogens with one attached hydrogen (secondary N) is 1. The number of carbonyl (C=O) groups excluding carboxylic acids is 1. The van der Waals surface area contributed by atoms with Crippen molar-refractivity contribution in [1.82, 2.24) is 5.32 Å². The minimum absolute atomic E-state index is 0.0381. The van der Waals surface area contributed by atoms with Gasteiger partial charge in [0.25, 0.3) is 0 Å². The molecule has 1 aliphatic carbocycles. The predicted molar refractivity (Wildman–Crippen MR) is 62.5 cm³/mol. The fraction of sp³-hybridized carbons (Fsp3) is 0.909. The number of hydrogen-bond donors (Lipinski definition) is 1. The van der Waals surface area contributed by atoms with Gasteiger partial charge >= 0.3 is 0 Å². The molecule has 1 N–H and O–H groups in total. The SMILES string of the molecule is CC(C)C(Br)C(=O)NCC1CCCC1. The molecule has 0 radical (unpaired) electrons. The third-order valence-corrected chi connectivity index (χ3v) is 4.35. The molecular weight excluding hydrogens is 242 g/mol. The van der Waals surface area contributed by atoms with Crippen LogP contribution in [0.3, 0.4) is 0 Å². The molecule has 0 aliphatic heterocycles. The lowest BCUT2D eigenvalue weighted by Gasteiger charge is -2.16. The highest BCUT2D eigenvalue weighted by Crippen LogP contribution is 2.23. The van der Waals surface area contributed by atoms with E-state index in [4.69, 9.17) is 0 Å². The van der Waals surface area contributed by atoms with Crippen LogP contribution in [0.15, 0.2) is 0 Å². The summed E-state index contributed by atoms with van der Waals surface area (Å²) in [5.74, 6) is 1.23. The second kappa shape index (κ2) is 5.74. The first-order valence-corrected chi connectivity index (χ1v) is 6.44. The summed E-state index contributed by atoms with van der Waals surface area (Å²) in [4.78, 5) is 11.5. The van der Waals surface area contributed by atoms with Gasteiger partial charge in [0, 0.05) is 6.54 Å². The molecule has 0 bridgehead atoms. The molecule has 1 amide bonds. The highest BCUT2D eigenvalue weighted by atomic mass is 79.9. The van der Waals surface area contributed by atoms with Gasteiger partial charge in [-0.05, 0) is 24.7 Å². The summed E-state index contributed by atoms with van der Waals surface area (Å²) in [6.45, 7) is 4.97. The minimum Gasteiger partial charge on any atom is -0.355 e.